The van der Waals surface area contributed by atoms with Crippen LogP contribution in [0.3, 0.4) is 0 Å². The summed E-state index contributed by atoms with van der Waals surface area (Å²) < 4.78 is 13.2. The number of carbonyl (C=O) groups excluding carboxylic acids is 1. The van der Waals surface area contributed by atoms with Crippen molar-refractivity contribution in [2.24, 2.45) is 11.8 Å². The highest BCUT2D eigenvalue weighted by Gasteiger charge is 2.39. The van der Waals surface area contributed by atoms with Gasteiger partial charge in [-0.25, -0.2) is 4.98 Å². The maximum Gasteiger partial charge on any atom is 0.272 e. The Balaban J connectivity index is 1.83. The monoisotopic (exact) mass is 276 g/mol. The molecule has 0 aromatic carbocycles. The van der Waals surface area contributed by atoms with Crippen molar-refractivity contribution in [1.29, 1.82) is 0 Å². The van der Waals surface area contributed by atoms with Crippen LogP contribution in [0.5, 0.6) is 0 Å². The SMILES string of the molecule is CC1CCN(C(=O)c2cccc(F)n2)C2CCCCC12. The average molecular weight is 276 g/mol. The van der Waals surface area contributed by atoms with E-state index in [1.54, 1.807) is 12.1 Å². The van der Waals surface area contributed by atoms with Crippen molar-refractivity contribution < 1.29 is 9.18 Å². The first-order chi connectivity index (χ1) is 9.66. The van der Waals surface area contributed by atoms with Crippen LogP contribution in [0, 0.1) is 17.8 Å². The third-order valence-corrected chi connectivity index (χ3v) is 4.93. The normalized spacial score (nSPS) is 29.9. The third-order valence-electron chi connectivity index (χ3n) is 4.93. The van der Waals surface area contributed by atoms with E-state index in [2.05, 4.69) is 11.9 Å². The topological polar surface area (TPSA) is 33.2 Å². The Morgan fingerprint density at radius 1 is 1.30 bits per heavy atom. The van der Waals surface area contributed by atoms with Gasteiger partial charge in [0.05, 0.1) is 0 Å². The summed E-state index contributed by atoms with van der Waals surface area (Å²) in [7, 11) is 0. The number of amides is 1. The van der Waals surface area contributed by atoms with Gasteiger partial charge in [-0.3, -0.25) is 4.79 Å². The van der Waals surface area contributed by atoms with Gasteiger partial charge >= 0.3 is 0 Å². The van der Waals surface area contributed by atoms with Gasteiger partial charge < -0.3 is 4.90 Å². The molecule has 108 valence electrons. The van der Waals surface area contributed by atoms with Crippen LogP contribution in [-0.2, 0) is 0 Å². The Labute approximate surface area is 119 Å². The number of hydrogen-bond donors (Lipinski definition) is 0. The summed E-state index contributed by atoms with van der Waals surface area (Å²) in [5.74, 6) is 0.606. The molecule has 2 fully saturated rings. The Bertz CT molecular complexity index is 505. The maximum absolute atomic E-state index is 13.2. The molecule has 1 aliphatic heterocycles. The second-order valence-corrected chi connectivity index (χ2v) is 6.13. The predicted octanol–water partition coefficient (Wildman–Crippen LogP) is 3.26. The van der Waals surface area contributed by atoms with Crippen LogP contribution in [0.25, 0.3) is 0 Å². The van der Waals surface area contributed by atoms with Gasteiger partial charge in [0, 0.05) is 12.6 Å². The van der Waals surface area contributed by atoms with Gasteiger partial charge in [0.1, 0.15) is 5.69 Å². The number of hydrogen-bond acceptors (Lipinski definition) is 2. The summed E-state index contributed by atoms with van der Waals surface area (Å²) in [5.41, 5.74) is 0.240. The molecule has 1 aliphatic carbocycles. The molecular weight excluding hydrogens is 255 g/mol. The molecule has 1 aromatic rings. The standard InChI is InChI=1S/C16H21FN2O/c1-11-9-10-19(14-7-3-2-5-12(11)14)16(20)13-6-4-8-15(17)18-13/h4,6,8,11-12,14H,2-3,5,7,9-10H2,1H3. The summed E-state index contributed by atoms with van der Waals surface area (Å²) in [6.45, 7) is 3.07. The Morgan fingerprint density at radius 3 is 2.90 bits per heavy atom. The molecule has 3 atom stereocenters. The number of fused-ring (bicyclic) bond motifs is 1. The van der Waals surface area contributed by atoms with Crippen LogP contribution in [0.1, 0.15) is 49.5 Å². The molecule has 1 amide bonds. The second kappa shape index (κ2) is 5.51. The predicted molar refractivity (Wildman–Crippen MR) is 74.8 cm³/mol. The first-order valence-corrected chi connectivity index (χ1v) is 7.60. The lowest BCUT2D eigenvalue weighted by atomic mass is 9.72. The smallest absolute Gasteiger partial charge is 0.272 e. The van der Waals surface area contributed by atoms with Crippen LogP contribution in [0.2, 0.25) is 0 Å². The number of piperidine rings is 1. The number of likely N-dealkylation sites (tertiary alicyclic amines) is 1. The zero-order valence-corrected chi connectivity index (χ0v) is 11.9. The quantitative estimate of drug-likeness (QED) is 0.738. The van der Waals surface area contributed by atoms with Crippen molar-refractivity contribution in [2.45, 2.75) is 45.1 Å². The Kier molecular flexibility index (Phi) is 3.72. The number of pyridine rings is 1. The van der Waals surface area contributed by atoms with Gasteiger partial charge in [-0.2, -0.15) is 4.39 Å². The Morgan fingerprint density at radius 2 is 2.10 bits per heavy atom. The highest BCUT2D eigenvalue weighted by atomic mass is 19.1. The molecule has 1 saturated carbocycles. The summed E-state index contributed by atoms with van der Waals surface area (Å²) in [4.78, 5) is 18.3. The van der Waals surface area contributed by atoms with Crippen LogP contribution in [0.4, 0.5) is 4.39 Å². The van der Waals surface area contributed by atoms with Gasteiger partial charge in [-0.15, -0.1) is 0 Å². The molecule has 3 nitrogen and oxygen atoms in total. The molecule has 0 N–H and O–H groups in total. The number of rotatable bonds is 1. The van der Waals surface area contributed by atoms with E-state index >= 15 is 0 Å². The lowest BCUT2D eigenvalue weighted by Crippen LogP contribution is -2.52. The molecule has 0 spiro atoms. The van der Waals surface area contributed by atoms with E-state index in [0.717, 1.165) is 19.4 Å². The average Bonchev–Trinajstić information content (AvgIpc) is 2.47. The van der Waals surface area contributed by atoms with Crippen molar-refractivity contribution >= 4 is 5.91 Å². The van der Waals surface area contributed by atoms with E-state index in [-0.39, 0.29) is 11.6 Å². The first kappa shape index (κ1) is 13.5. The highest BCUT2D eigenvalue weighted by Crippen LogP contribution is 2.39. The molecule has 2 aliphatic rings. The fourth-order valence-corrected chi connectivity index (χ4v) is 3.84. The molecule has 2 heterocycles. The van der Waals surface area contributed by atoms with Crippen LogP contribution in [0.15, 0.2) is 18.2 Å². The minimum absolute atomic E-state index is 0.103. The number of carbonyl (C=O) groups is 1. The number of halogens is 1. The van der Waals surface area contributed by atoms with Crippen molar-refractivity contribution in [3.05, 3.63) is 29.8 Å². The minimum Gasteiger partial charge on any atom is -0.334 e. The van der Waals surface area contributed by atoms with Crippen LogP contribution < -0.4 is 0 Å². The molecule has 1 aromatic heterocycles. The number of aromatic nitrogens is 1. The van der Waals surface area contributed by atoms with E-state index in [9.17, 15) is 9.18 Å². The molecule has 0 bridgehead atoms. The minimum atomic E-state index is -0.582. The van der Waals surface area contributed by atoms with Gasteiger partial charge in [-0.05, 0) is 43.2 Å². The zero-order chi connectivity index (χ0) is 14.1. The van der Waals surface area contributed by atoms with Crippen molar-refractivity contribution in [3.63, 3.8) is 0 Å². The molecular formula is C16H21FN2O. The van der Waals surface area contributed by atoms with Gasteiger partial charge in [0.15, 0.2) is 0 Å². The van der Waals surface area contributed by atoms with Crippen LogP contribution >= 0.6 is 0 Å². The second-order valence-electron chi connectivity index (χ2n) is 6.13. The third kappa shape index (κ3) is 2.43. The van der Waals surface area contributed by atoms with E-state index in [1.807, 2.05) is 4.90 Å². The zero-order valence-electron chi connectivity index (χ0n) is 11.9. The Hall–Kier alpha value is -1.45. The lowest BCUT2D eigenvalue weighted by Gasteiger charge is -2.47. The fourth-order valence-electron chi connectivity index (χ4n) is 3.84. The van der Waals surface area contributed by atoms with Crippen molar-refractivity contribution in [1.82, 2.24) is 9.88 Å². The molecule has 3 unspecified atom stereocenters. The molecule has 4 heteroatoms. The largest absolute Gasteiger partial charge is 0.334 e. The fraction of sp³-hybridized carbons (Fsp3) is 0.625. The summed E-state index contributed by atoms with van der Waals surface area (Å²) in [6.07, 6.45) is 5.80. The maximum atomic E-state index is 13.2. The molecule has 0 radical (unpaired) electrons. The van der Waals surface area contributed by atoms with Gasteiger partial charge in [0.25, 0.3) is 5.91 Å². The van der Waals surface area contributed by atoms with Crippen LogP contribution in [-0.4, -0.2) is 28.4 Å². The summed E-state index contributed by atoms with van der Waals surface area (Å²) in [5, 5.41) is 0. The van der Waals surface area contributed by atoms with Gasteiger partial charge in [0.2, 0.25) is 5.95 Å². The van der Waals surface area contributed by atoms with Gasteiger partial charge in [-0.1, -0.05) is 25.8 Å². The first-order valence-electron chi connectivity index (χ1n) is 7.60. The van der Waals surface area contributed by atoms with Crippen molar-refractivity contribution in [2.75, 3.05) is 6.54 Å². The van der Waals surface area contributed by atoms with E-state index < -0.39 is 5.95 Å². The molecule has 1 saturated heterocycles. The summed E-state index contributed by atoms with van der Waals surface area (Å²) >= 11 is 0. The molecule has 20 heavy (non-hydrogen) atoms. The van der Waals surface area contributed by atoms with E-state index in [1.165, 1.54) is 25.3 Å². The highest BCUT2D eigenvalue weighted by molar-refractivity contribution is 5.92. The summed E-state index contributed by atoms with van der Waals surface area (Å²) in [6, 6.07) is 4.77. The lowest BCUT2D eigenvalue weighted by molar-refractivity contribution is 0.0212. The van der Waals surface area contributed by atoms with E-state index in [4.69, 9.17) is 0 Å². The number of nitrogens with zero attached hydrogens (tertiary/aromatic N) is 2. The molecule has 3 rings (SSSR count). The van der Waals surface area contributed by atoms with E-state index in [0.29, 0.717) is 17.9 Å². The van der Waals surface area contributed by atoms with Crippen molar-refractivity contribution in [3.8, 4) is 0 Å².